The summed E-state index contributed by atoms with van der Waals surface area (Å²) in [5.74, 6) is 0.151. The third-order valence-corrected chi connectivity index (χ3v) is 4.51. The van der Waals surface area contributed by atoms with Crippen molar-refractivity contribution >= 4 is 9.84 Å². The van der Waals surface area contributed by atoms with Gasteiger partial charge in [-0.1, -0.05) is 6.92 Å². The van der Waals surface area contributed by atoms with E-state index in [2.05, 4.69) is 5.32 Å². The van der Waals surface area contributed by atoms with Gasteiger partial charge in [0, 0.05) is 13.2 Å². The molecule has 0 heterocycles. The molecule has 0 aromatic carbocycles. The van der Waals surface area contributed by atoms with E-state index in [1.54, 1.807) is 21.0 Å². The normalized spacial score (nSPS) is 14.5. The van der Waals surface area contributed by atoms with Gasteiger partial charge in [0.05, 0.1) is 17.6 Å². The van der Waals surface area contributed by atoms with Gasteiger partial charge < -0.3 is 10.1 Å². The molecule has 92 valence electrons. The zero-order chi connectivity index (χ0) is 11.9. The lowest BCUT2D eigenvalue weighted by Gasteiger charge is -2.18. The van der Waals surface area contributed by atoms with Crippen LogP contribution < -0.4 is 5.32 Å². The highest BCUT2D eigenvalue weighted by atomic mass is 32.2. The van der Waals surface area contributed by atoms with Gasteiger partial charge >= 0.3 is 0 Å². The fraction of sp³-hybridized carbons (Fsp3) is 1.00. The minimum absolute atomic E-state index is 0.0950. The summed E-state index contributed by atoms with van der Waals surface area (Å²) >= 11 is 0. The molecule has 0 aliphatic carbocycles. The van der Waals surface area contributed by atoms with Crippen LogP contribution in [0, 0.1) is 0 Å². The van der Waals surface area contributed by atoms with Gasteiger partial charge in [-0.15, -0.1) is 0 Å². The fourth-order valence-electron chi connectivity index (χ4n) is 1.19. The molecule has 0 radical (unpaired) electrons. The van der Waals surface area contributed by atoms with Gasteiger partial charge in [-0.2, -0.15) is 0 Å². The zero-order valence-electron chi connectivity index (χ0n) is 10.1. The summed E-state index contributed by atoms with van der Waals surface area (Å²) in [5, 5.41) is 2.86. The average Bonchev–Trinajstić information content (AvgIpc) is 2.14. The second-order valence-corrected chi connectivity index (χ2v) is 6.59. The number of sulfone groups is 1. The van der Waals surface area contributed by atoms with E-state index < -0.39 is 9.84 Å². The minimum atomic E-state index is -2.99. The quantitative estimate of drug-likeness (QED) is 0.679. The smallest absolute Gasteiger partial charge is 0.154 e. The van der Waals surface area contributed by atoms with Gasteiger partial charge in [-0.05, 0) is 26.8 Å². The molecule has 0 spiro atoms. The molecule has 0 rings (SSSR count). The van der Waals surface area contributed by atoms with Crippen molar-refractivity contribution in [3.8, 4) is 0 Å². The van der Waals surface area contributed by atoms with Gasteiger partial charge in [-0.3, -0.25) is 0 Å². The molecular weight excluding hydrogens is 214 g/mol. The number of hydrogen-bond donors (Lipinski definition) is 1. The Morgan fingerprint density at radius 3 is 2.33 bits per heavy atom. The number of methoxy groups -OCH3 is 1. The van der Waals surface area contributed by atoms with Crippen LogP contribution in [0.15, 0.2) is 0 Å². The molecule has 15 heavy (non-hydrogen) atoms. The van der Waals surface area contributed by atoms with Crippen LogP contribution in [-0.2, 0) is 14.6 Å². The largest absolute Gasteiger partial charge is 0.383 e. The lowest BCUT2D eigenvalue weighted by atomic mass is 10.3. The lowest BCUT2D eigenvalue weighted by molar-refractivity contribution is 0.173. The van der Waals surface area contributed by atoms with Gasteiger partial charge in [-0.25, -0.2) is 8.42 Å². The van der Waals surface area contributed by atoms with E-state index in [0.29, 0.717) is 6.61 Å². The SMILES string of the molecule is CCCNC(COC)CS(=O)(=O)C(C)C. The van der Waals surface area contributed by atoms with E-state index in [1.807, 2.05) is 6.92 Å². The summed E-state index contributed by atoms with van der Waals surface area (Å²) < 4.78 is 28.4. The standard InChI is InChI=1S/C10H23NO3S/c1-5-6-11-10(7-14-4)8-15(12,13)9(2)3/h9-11H,5-8H2,1-4H3. The van der Waals surface area contributed by atoms with Crippen LogP contribution in [0.5, 0.6) is 0 Å². The summed E-state index contributed by atoms with van der Waals surface area (Å²) in [4.78, 5) is 0. The second kappa shape index (κ2) is 7.19. The maximum absolute atomic E-state index is 11.7. The minimum Gasteiger partial charge on any atom is -0.383 e. The molecule has 1 unspecified atom stereocenters. The van der Waals surface area contributed by atoms with E-state index in [4.69, 9.17) is 4.74 Å². The van der Waals surface area contributed by atoms with Crippen molar-refractivity contribution in [2.45, 2.75) is 38.5 Å². The van der Waals surface area contributed by atoms with Gasteiger partial charge in [0.15, 0.2) is 9.84 Å². The fourth-order valence-corrected chi connectivity index (χ4v) is 2.35. The lowest BCUT2D eigenvalue weighted by Crippen LogP contribution is -2.41. The van der Waals surface area contributed by atoms with Gasteiger partial charge in [0.2, 0.25) is 0 Å². The van der Waals surface area contributed by atoms with Crippen molar-refractivity contribution in [1.82, 2.24) is 5.32 Å². The summed E-state index contributed by atoms with van der Waals surface area (Å²) in [6.45, 7) is 6.72. The molecule has 1 N–H and O–H groups in total. The first-order valence-corrected chi connectivity index (χ1v) is 7.09. The number of rotatable bonds is 8. The number of ether oxygens (including phenoxy) is 1. The van der Waals surface area contributed by atoms with E-state index in [-0.39, 0.29) is 17.0 Å². The number of hydrogen-bond acceptors (Lipinski definition) is 4. The van der Waals surface area contributed by atoms with Crippen LogP contribution in [0.25, 0.3) is 0 Å². The Hall–Kier alpha value is -0.130. The molecule has 0 saturated heterocycles. The Kier molecular flexibility index (Phi) is 7.13. The Bertz CT molecular complexity index is 249. The summed E-state index contributed by atoms with van der Waals surface area (Å²) in [6, 6.07) is -0.0950. The van der Waals surface area contributed by atoms with E-state index in [1.165, 1.54) is 0 Å². The highest BCUT2D eigenvalue weighted by Gasteiger charge is 2.21. The van der Waals surface area contributed by atoms with Crippen molar-refractivity contribution in [3.05, 3.63) is 0 Å². The molecule has 0 aromatic rings. The third-order valence-electron chi connectivity index (χ3n) is 2.20. The zero-order valence-corrected chi connectivity index (χ0v) is 10.9. The van der Waals surface area contributed by atoms with E-state index in [0.717, 1.165) is 13.0 Å². The maximum atomic E-state index is 11.7. The third kappa shape index (κ3) is 6.12. The molecule has 0 aliphatic rings. The van der Waals surface area contributed by atoms with Gasteiger partial charge in [0.1, 0.15) is 0 Å². The van der Waals surface area contributed by atoms with Crippen LogP contribution in [0.1, 0.15) is 27.2 Å². The van der Waals surface area contributed by atoms with Gasteiger partial charge in [0.25, 0.3) is 0 Å². The Morgan fingerprint density at radius 2 is 1.93 bits per heavy atom. The summed E-state index contributed by atoms with van der Waals surface area (Å²) in [6.07, 6.45) is 0.988. The van der Waals surface area contributed by atoms with Crippen LogP contribution >= 0.6 is 0 Å². The molecule has 0 fully saturated rings. The van der Waals surface area contributed by atoms with Crippen molar-refractivity contribution in [3.63, 3.8) is 0 Å². The second-order valence-electron chi connectivity index (χ2n) is 3.98. The van der Waals surface area contributed by atoms with Crippen molar-refractivity contribution < 1.29 is 13.2 Å². The maximum Gasteiger partial charge on any atom is 0.154 e. The predicted molar refractivity (Wildman–Crippen MR) is 62.9 cm³/mol. The first-order valence-electron chi connectivity index (χ1n) is 5.38. The molecule has 1 atom stereocenters. The molecular formula is C10H23NO3S. The molecule has 4 nitrogen and oxygen atoms in total. The molecule has 0 bridgehead atoms. The first-order chi connectivity index (χ1) is 6.94. The van der Waals surface area contributed by atoms with Crippen molar-refractivity contribution in [2.75, 3.05) is 26.0 Å². The molecule has 0 saturated carbocycles. The summed E-state index contributed by atoms with van der Waals surface area (Å²) in [7, 11) is -1.41. The molecule has 0 aliphatic heterocycles. The van der Waals surface area contributed by atoms with Crippen LogP contribution in [0.4, 0.5) is 0 Å². The first kappa shape index (κ1) is 14.9. The Balaban J connectivity index is 4.27. The van der Waals surface area contributed by atoms with Crippen molar-refractivity contribution in [2.24, 2.45) is 0 Å². The summed E-state index contributed by atoms with van der Waals surface area (Å²) in [5.41, 5.74) is 0. The Morgan fingerprint density at radius 1 is 1.33 bits per heavy atom. The predicted octanol–water partition coefficient (Wildman–Crippen LogP) is 0.824. The average molecular weight is 237 g/mol. The van der Waals surface area contributed by atoms with E-state index in [9.17, 15) is 8.42 Å². The monoisotopic (exact) mass is 237 g/mol. The molecule has 5 heteroatoms. The van der Waals surface area contributed by atoms with Crippen LogP contribution in [0.3, 0.4) is 0 Å². The number of nitrogens with one attached hydrogen (secondary N) is 1. The topological polar surface area (TPSA) is 55.4 Å². The highest BCUT2D eigenvalue weighted by Crippen LogP contribution is 2.03. The Labute approximate surface area is 93.3 Å². The van der Waals surface area contributed by atoms with E-state index >= 15 is 0 Å². The van der Waals surface area contributed by atoms with Crippen LogP contribution in [-0.4, -0.2) is 45.7 Å². The molecule has 0 aromatic heterocycles. The van der Waals surface area contributed by atoms with Crippen LogP contribution in [0.2, 0.25) is 0 Å². The highest BCUT2D eigenvalue weighted by molar-refractivity contribution is 7.92. The molecule has 0 amide bonds. The van der Waals surface area contributed by atoms with Crippen molar-refractivity contribution in [1.29, 1.82) is 0 Å².